The van der Waals surface area contributed by atoms with Crippen LogP contribution in [0, 0.1) is 0 Å². The minimum Gasteiger partial charge on any atom is -0.383 e. The summed E-state index contributed by atoms with van der Waals surface area (Å²) in [7, 11) is 1.53. The molecule has 0 saturated heterocycles. The number of imidazole rings is 1. The zero-order valence-electron chi connectivity index (χ0n) is 18.6. The Morgan fingerprint density at radius 1 is 1.03 bits per heavy atom. The molecule has 0 N–H and O–H groups in total. The number of halogens is 2. The van der Waals surface area contributed by atoms with E-state index in [2.05, 4.69) is 18.8 Å². The van der Waals surface area contributed by atoms with Gasteiger partial charge in [-0.05, 0) is 41.3 Å². The third-order valence-corrected chi connectivity index (χ3v) is 6.31. The van der Waals surface area contributed by atoms with Gasteiger partial charge in [-0.1, -0.05) is 55.2 Å². The monoisotopic (exact) mass is 486 g/mol. The maximum absolute atomic E-state index is 13.4. The predicted octanol–water partition coefficient (Wildman–Crippen LogP) is 4.47. The van der Waals surface area contributed by atoms with Crippen molar-refractivity contribution in [1.82, 2.24) is 18.7 Å². The van der Waals surface area contributed by atoms with Crippen molar-refractivity contribution in [2.45, 2.75) is 32.9 Å². The van der Waals surface area contributed by atoms with Crippen LogP contribution < -0.4 is 11.2 Å². The van der Waals surface area contributed by atoms with E-state index in [1.807, 2.05) is 30.3 Å². The fraction of sp³-hybridized carbons (Fsp3) is 0.292. The van der Waals surface area contributed by atoms with E-state index in [-0.39, 0.29) is 13.2 Å². The van der Waals surface area contributed by atoms with Crippen molar-refractivity contribution in [3.8, 4) is 5.69 Å². The molecule has 0 fully saturated rings. The van der Waals surface area contributed by atoms with Gasteiger partial charge < -0.3 is 9.30 Å². The molecule has 0 aliphatic heterocycles. The van der Waals surface area contributed by atoms with Gasteiger partial charge in [-0.15, -0.1) is 0 Å². The topological polar surface area (TPSA) is 71.1 Å². The minimum absolute atomic E-state index is 0.131. The van der Waals surface area contributed by atoms with Gasteiger partial charge in [0.25, 0.3) is 5.56 Å². The lowest BCUT2D eigenvalue weighted by Gasteiger charge is -2.14. The Bertz CT molecular complexity index is 1420. The zero-order chi connectivity index (χ0) is 23.7. The van der Waals surface area contributed by atoms with E-state index >= 15 is 0 Å². The van der Waals surface area contributed by atoms with E-state index in [0.29, 0.717) is 39.4 Å². The Kier molecular flexibility index (Phi) is 6.74. The molecule has 4 rings (SSSR count). The normalized spacial score (nSPS) is 11.6. The molecule has 0 aliphatic carbocycles. The summed E-state index contributed by atoms with van der Waals surface area (Å²) in [6, 6.07) is 13.0. The first-order chi connectivity index (χ1) is 15.8. The highest BCUT2D eigenvalue weighted by Crippen LogP contribution is 2.24. The number of hydrogen-bond acceptors (Lipinski definition) is 4. The Morgan fingerprint density at radius 2 is 1.76 bits per heavy atom. The number of aromatic nitrogens is 4. The molecule has 0 spiro atoms. The zero-order valence-corrected chi connectivity index (χ0v) is 20.1. The Hall–Kier alpha value is -2.87. The molecule has 0 unspecified atom stereocenters. The molecule has 2 aromatic carbocycles. The average molecular weight is 487 g/mol. The van der Waals surface area contributed by atoms with Gasteiger partial charge in [-0.3, -0.25) is 9.36 Å². The van der Waals surface area contributed by atoms with Crippen LogP contribution >= 0.6 is 23.2 Å². The molecule has 0 radical (unpaired) electrons. The second kappa shape index (κ2) is 9.55. The summed E-state index contributed by atoms with van der Waals surface area (Å²) in [5.41, 5.74) is 2.40. The van der Waals surface area contributed by atoms with E-state index < -0.39 is 11.2 Å². The van der Waals surface area contributed by atoms with Crippen LogP contribution in [-0.2, 0) is 17.8 Å². The summed E-state index contributed by atoms with van der Waals surface area (Å²) in [5.74, 6) is 0.358. The predicted molar refractivity (Wildman–Crippen MR) is 131 cm³/mol. The molecule has 0 amide bonds. The Labute approximate surface area is 200 Å². The van der Waals surface area contributed by atoms with Crippen molar-refractivity contribution < 1.29 is 4.74 Å². The molecule has 0 saturated carbocycles. The fourth-order valence-corrected chi connectivity index (χ4v) is 4.08. The molecule has 0 aliphatic rings. The average Bonchev–Trinajstić information content (AvgIpc) is 3.20. The van der Waals surface area contributed by atoms with Gasteiger partial charge in [0.05, 0.1) is 35.2 Å². The van der Waals surface area contributed by atoms with Crippen LogP contribution in [0.1, 0.15) is 30.9 Å². The van der Waals surface area contributed by atoms with Gasteiger partial charge in [-0.2, -0.15) is 0 Å². The number of benzene rings is 2. The van der Waals surface area contributed by atoms with Crippen LogP contribution in [0.5, 0.6) is 0 Å². The second-order valence-electron chi connectivity index (χ2n) is 8.11. The molecule has 33 heavy (non-hydrogen) atoms. The number of ether oxygens (including phenoxy) is 1. The van der Waals surface area contributed by atoms with Gasteiger partial charge in [0, 0.05) is 13.7 Å². The van der Waals surface area contributed by atoms with Crippen LogP contribution in [0.15, 0.2) is 58.4 Å². The van der Waals surface area contributed by atoms with Gasteiger partial charge >= 0.3 is 5.69 Å². The second-order valence-corrected chi connectivity index (χ2v) is 8.92. The standard InChI is InChI=1S/C24H24Cl2N4O3/c1-15(2)17-5-7-18(8-6-17)30-22-21(23(31)29(24(30)32)10-11-33-3)28(14-27-22)13-16-4-9-19(25)20(26)12-16/h4-9,12,14-15H,10-11,13H2,1-3H3. The van der Waals surface area contributed by atoms with Crippen molar-refractivity contribution in [3.05, 3.63) is 90.8 Å². The van der Waals surface area contributed by atoms with E-state index in [9.17, 15) is 9.59 Å². The molecular formula is C24H24Cl2N4O3. The first kappa shape index (κ1) is 23.3. The Morgan fingerprint density at radius 3 is 2.39 bits per heavy atom. The lowest BCUT2D eigenvalue weighted by molar-refractivity contribution is 0.184. The number of nitrogens with zero attached hydrogens (tertiary/aromatic N) is 4. The highest BCUT2D eigenvalue weighted by atomic mass is 35.5. The van der Waals surface area contributed by atoms with E-state index in [0.717, 1.165) is 11.1 Å². The smallest absolute Gasteiger partial charge is 0.337 e. The first-order valence-electron chi connectivity index (χ1n) is 10.6. The molecule has 172 valence electrons. The van der Waals surface area contributed by atoms with Crippen LogP contribution in [0.25, 0.3) is 16.9 Å². The van der Waals surface area contributed by atoms with E-state index in [1.54, 1.807) is 23.0 Å². The number of fused-ring (bicyclic) bond motifs is 1. The largest absolute Gasteiger partial charge is 0.383 e. The third-order valence-electron chi connectivity index (χ3n) is 5.57. The van der Waals surface area contributed by atoms with Gasteiger partial charge in [0.15, 0.2) is 11.2 Å². The fourth-order valence-electron chi connectivity index (χ4n) is 3.76. The van der Waals surface area contributed by atoms with Crippen LogP contribution in [0.3, 0.4) is 0 Å². The van der Waals surface area contributed by atoms with E-state index in [1.165, 1.54) is 16.2 Å². The summed E-state index contributed by atoms with van der Waals surface area (Å²) < 4.78 is 9.51. The lowest BCUT2D eigenvalue weighted by atomic mass is 10.0. The van der Waals surface area contributed by atoms with Crippen molar-refractivity contribution in [2.75, 3.05) is 13.7 Å². The molecule has 0 atom stereocenters. The SMILES string of the molecule is COCCn1c(=O)c2c(ncn2Cc2ccc(Cl)c(Cl)c2)n(-c2ccc(C(C)C)cc2)c1=O. The molecule has 4 aromatic rings. The molecule has 2 heterocycles. The summed E-state index contributed by atoms with van der Waals surface area (Å²) in [6.45, 7) is 4.92. The molecule has 2 aromatic heterocycles. The molecule has 7 nitrogen and oxygen atoms in total. The molecule has 0 bridgehead atoms. The lowest BCUT2D eigenvalue weighted by Crippen LogP contribution is -2.41. The number of methoxy groups -OCH3 is 1. The summed E-state index contributed by atoms with van der Waals surface area (Å²) in [4.78, 5) is 31.2. The Balaban J connectivity index is 1.92. The van der Waals surface area contributed by atoms with Crippen molar-refractivity contribution in [2.24, 2.45) is 0 Å². The summed E-state index contributed by atoms with van der Waals surface area (Å²) in [5, 5.41) is 0.884. The summed E-state index contributed by atoms with van der Waals surface area (Å²) in [6.07, 6.45) is 1.56. The molecule has 9 heteroatoms. The van der Waals surface area contributed by atoms with Crippen LogP contribution in [0.4, 0.5) is 0 Å². The highest BCUT2D eigenvalue weighted by Gasteiger charge is 2.19. The maximum Gasteiger partial charge on any atom is 0.337 e. The highest BCUT2D eigenvalue weighted by molar-refractivity contribution is 6.42. The van der Waals surface area contributed by atoms with Crippen LogP contribution in [-0.4, -0.2) is 32.4 Å². The maximum atomic E-state index is 13.4. The minimum atomic E-state index is -0.457. The van der Waals surface area contributed by atoms with Gasteiger partial charge in [0.2, 0.25) is 0 Å². The van der Waals surface area contributed by atoms with Crippen LogP contribution in [0.2, 0.25) is 10.0 Å². The first-order valence-corrected chi connectivity index (χ1v) is 11.3. The van der Waals surface area contributed by atoms with Gasteiger partial charge in [-0.25, -0.2) is 14.3 Å². The number of rotatable bonds is 7. The number of hydrogen-bond donors (Lipinski definition) is 0. The molecular weight excluding hydrogens is 463 g/mol. The third kappa shape index (κ3) is 4.49. The quantitative estimate of drug-likeness (QED) is 0.386. The van der Waals surface area contributed by atoms with Gasteiger partial charge in [0.1, 0.15) is 0 Å². The van der Waals surface area contributed by atoms with Crippen molar-refractivity contribution in [3.63, 3.8) is 0 Å². The summed E-state index contributed by atoms with van der Waals surface area (Å²) >= 11 is 12.2. The van der Waals surface area contributed by atoms with Crippen molar-refractivity contribution in [1.29, 1.82) is 0 Å². The van der Waals surface area contributed by atoms with E-state index in [4.69, 9.17) is 27.9 Å². The van der Waals surface area contributed by atoms with Crippen molar-refractivity contribution >= 4 is 34.4 Å².